The maximum atomic E-state index is 14.8. The van der Waals surface area contributed by atoms with Gasteiger partial charge in [0, 0.05) is 36.8 Å². The van der Waals surface area contributed by atoms with Crippen LogP contribution in [0.15, 0.2) is 5.16 Å². The molecule has 3 fully saturated rings. The van der Waals surface area contributed by atoms with Gasteiger partial charge < -0.3 is 43.6 Å². The van der Waals surface area contributed by atoms with E-state index >= 15 is 0 Å². The van der Waals surface area contributed by atoms with Crippen LogP contribution in [0.3, 0.4) is 0 Å². The molecule has 334 valence electrons. The van der Waals surface area contributed by atoms with Gasteiger partial charge in [0.25, 0.3) is 0 Å². The minimum atomic E-state index is -2.21. The van der Waals surface area contributed by atoms with E-state index in [0.29, 0.717) is 8.58 Å². The third kappa shape index (κ3) is 10.5. The lowest BCUT2D eigenvalue weighted by Gasteiger charge is -2.50. The number of ketones is 2. The second-order valence-corrected chi connectivity index (χ2v) is 23.8. The van der Waals surface area contributed by atoms with E-state index in [1.54, 1.807) is 27.7 Å². The summed E-state index contributed by atoms with van der Waals surface area (Å²) in [5, 5.41) is 4.13. The van der Waals surface area contributed by atoms with Crippen molar-refractivity contribution >= 4 is 46.2 Å². The Hall–Kier alpha value is -2.00. The first-order valence-corrected chi connectivity index (χ1v) is 25.5. The summed E-state index contributed by atoms with van der Waals surface area (Å²) in [5.74, 6) is -8.17. The highest BCUT2D eigenvalue weighted by Gasteiger charge is 2.63. The van der Waals surface area contributed by atoms with E-state index in [4.69, 9.17) is 38.7 Å². The number of nitrogens with two attached hydrogens (primary N) is 1. The molecule has 16 heteroatoms. The third-order valence-electron chi connectivity index (χ3n) is 13.7. The van der Waals surface area contributed by atoms with Crippen molar-refractivity contribution in [3.63, 3.8) is 0 Å². The molecule has 0 radical (unpaired) electrons. The topological polar surface area (TPSA) is 175 Å². The molecule has 58 heavy (non-hydrogen) atoms. The lowest BCUT2D eigenvalue weighted by Crippen LogP contribution is -2.62. The Labute approximate surface area is 350 Å². The first-order chi connectivity index (χ1) is 27.0. The van der Waals surface area contributed by atoms with E-state index in [1.165, 1.54) is 14.0 Å². The summed E-state index contributed by atoms with van der Waals surface area (Å²) in [4.78, 5) is 65.1. The quantitative estimate of drug-likeness (QED) is 0.0402. The molecule has 3 aliphatic heterocycles. The van der Waals surface area contributed by atoms with Crippen LogP contribution < -0.4 is 5.73 Å². The van der Waals surface area contributed by atoms with Crippen molar-refractivity contribution in [1.29, 1.82) is 0 Å². The van der Waals surface area contributed by atoms with Gasteiger partial charge in [-0.15, -0.1) is 0 Å². The Morgan fingerprint density at radius 2 is 1.59 bits per heavy atom. The van der Waals surface area contributed by atoms with Crippen LogP contribution in [0.2, 0.25) is 18.1 Å². The molecule has 16 atom stereocenters. The Bertz CT molecular complexity index is 1460. The second-order valence-electron chi connectivity index (χ2n) is 17.7. The summed E-state index contributed by atoms with van der Waals surface area (Å²) >= 11 is 0. The van der Waals surface area contributed by atoms with Gasteiger partial charge in [0.05, 0.1) is 17.8 Å². The molecule has 3 heterocycles. The Kier molecular flexibility index (Phi) is 18.0. The summed E-state index contributed by atoms with van der Waals surface area (Å²) in [5.41, 5.74) is 3.76. The summed E-state index contributed by atoms with van der Waals surface area (Å²) < 4.78 is 39.5. The van der Waals surface area contributed by atoms with Crippen LogP contribution in [0, 0.1) is 35.5 Å². The van der Waals surface area contributed by atoms with Gasteiger partial charge in [0.1, 0.15) is 35.7 Å². The number of hydrogen-bond donors (Lipinski definition) is 1. The molecule has 0 amide bonds. The maximum Gasteiger partial charge on any atom is 0.317 e. The van der Waals surface area contributed by atoms with E-state index in [2.05, 4.69) is 30.8 Å². The van der Waals surface area contributed by atoms with Gasteiger partial charge in [-0.05, 0) is 92.8 Å². The molecular formula is C42H76N3O11PSi. The molecule has 0 bridgehead atoms. The first-order valence-electron chi connectivity index (χ1n) is 21.4. The van der Waals surface area contributed by atoms with Crippen molar-refractivity contribution in [2.75, 3.05) is 27.9 Å². The van der Waals surface area contributed by atoms with Crippen LogP contribution in [0.5, 0.6) is 0 Å². The average molecular weight is 858 g/mol. The number of cyclic esters (lactones) is 1. The van der Waals surface area contributed by atoms with Crippen LogP contribution in [0.4, 0.5) is 0 Å². The van der Waals surface area contributed by atoms with Gasteiger partial charge in [-0.25, -0.2) is 0 Å². The molecule has 0 saturated carbocycles. The highest BCUT2D eigenvalue weighted by Crippen LogP contribution is 2.48. The number of amidine groups is 1. The number of fused-ring (bicyclic) bond motifs is 1. The first kappa shape index (κ1) is 50.4. The zero-order chi connectivity index (χ0) is 44.1. The van der Waals surface area contributed by atoms with Gasteiger partial charge in [0.15, 0.2) is 31.8 Å². The van der Waals surface area contributed by atoms with Crippen molar-refractivity contribution in [2.24, 2.45) is 46.4 Å². The van der Waals surface area contributed by atoms with E-state index in [9.17, 15) is 19.2 Å². The molecule has 3 rings (SSSR count). The fraction of sp³-hybridized carbons (Fsp3) is 0.881. The predicted octanol–water partition coefficient (Wildman–Crippen LogP) is 6.13. The SMILES string of the molecule is CC[C@@H]1OC(=O)[C@H](C)C(=O)[C@H](C)[C@@H](OC2O[C@H](C)C[C@H](N(C)C)[C@H]2O[Si](CC)(CC)CC)[C@](C)(OC)C[C@@H](C)C(=O)[C@H](C)[C@H]2[C@H](/C(N)=N/OC(C)PC)C(=O)O[C@]21C. The molecule has 2 N–H and O–H groups in total. The predicted molar refractivity (Wildman–Crippen MR) is 228 cm³/mol. The largest absolute Gasteiger partial charge is 0.458 e. The number of oxime groups is 1. The lowest BCUT2D eigenvalue weighted by molar-refractivity contribution is -0.292. The lowest BCUT2D eigenvalue weighted by atomic mass is 9.67. The van der Waals surface area contributed by atoms with Crippen LogP contribution in [0.25, 0.3) is 0 Å². The van der Waals surface area contributed by atoms with Crippen LogP contribution >= 0.6 is 8.58 Å². The molecular weight excluding hydrogens is 782 g/mol. The summed E-state index contributed by atoms with van der Waals surface area (Å²) in [6.07, 6.45) is -2.48. The minimum Gasteiger partial charge on any atom is -0.458 e. The number of hydrogen-bond acceptors (Lipinski definition) is 13. The van der Waals surface area contributed by atoms with Crippen molar-refractivity contribution in [1.82, 2.24) is 4.90 Å². The van der Waals surface area contributed by atoms with E-state index in [1.807, 2.05) is 48.5 Å². The Morgan fingerprint density at radius 3 is 2.10 bits per heavy atom. The zero-order valence-corrected chi connectivity index (χ0v) is 40.2. The fourth-order valence-corrected chi connectivity index (χ4v) is 12.6. The van der Waals surface area contributed by atoms with E-state index in [0.717, 1.165) is 24.6 Å². The number of Topliss-reactive ketones (excluding diaryl/α,β-unsaturated/α-hetero) is 2. The van der Waals surface area contributed by atoms with Gasteiger partial charge in [-0.3, -0.25) is 19.2 Å². The minimum absolute atomic E-state index is 0.0459. The normalized spacial score (nSPS) is 39.4. The number of carbonyl (C=O) groups excluding carboxylic acids is 4. The summed E-state index contributed by atoms with van der Waals surface area (Å²) in [6, 6.07) is 2.71. The molecule has 14 nitrogen and oxygen atoms in total. The number of likely N-dealkylation sites (N-methyl/N-ethyl adjacent to an activating group) is 1. The average Bonchev–Trinajstić information content (AvgIpc) is 3.48. The molecule has 0 aliphatic carbocycles. The Morgan fingerprint density at radius 1 is 0.983 bits per heavy atom. The summed E-state index contributed by atoms with van der Waals surface area (Å²) in [6.45, 7) is 24.4. The molecule has 3 unspecified atom stereocenters. The molecule has 0 aromatic rings. The third-order valence-corrected chi connectivity index (χ3v) is 19.2. The molecule has 0 aromatic heterocycles. The van der Waals surface area contributed by atoms with Gasteiger partial charge >= 0.3 is 11.9 Å². The van der Waals surface area contributed by atoms with Crippen molar-refractivity contribution in [2.45, 2.75) is 174 Å². The number of methoxy groups -OCH3 is 1. The fourth-order valence-electron chi connectivity index (χ4n) is 9.59. The van der Waals surface area contributed by atoms with Gasteiger partial charge in [-0.2, -0.15) is 0 Å². The highest BCUT2D eigenvalue weighted by molar-refractivity contribution is 7.37. The van der Waals surface area contributed by atoms with Crippen LogP contribution in [0.1, 0.15) is 102 Å². The van der Waals surface area contributed by atoms with E-state index < -0.39 is 97.4 Å². The number of ether oxygens (including phenoxy) is 5. The standard InChI is InChI=1S/C42H76N3O11PSi/c1-17-30-42(12)32(31(39(49)54-42)37(43)44-55-28(10)57-16)25(7)33(46)23(5)22-41(11,50-15)36(26(8)34(47)27(9)38(48)52-30)53-40-35(56-58(18-2,19-3)20-4)29(45(13)14)21-24(6)51-40/h23-32,35-36,40,57H,17-22H2,1-16H3,(H2,43,44)/t23-,24-,25-,26+,27-,28?,29+,30+,31-,32+,35-,36-,40?,41-,42+/m1/s1. The monoisotopic (exact) mass is 857 g/mol. The van der Waals surface area contributed by atoms with Crippen molar-refractivity contribution < 1.29 is 52.1 Å². The molecule has 0 aromatic carbocycles. The van der Waals surface area contributed by atoms with Crippen molar-refractivity contribution in [3.05, 3.63) is 0 Å². The second kappa shape index (κ2) is 20.7. The van der Waals surface area contributed by atoms with Crippen LogP contribution in [-0.4, -0.2) is 124 Å². The van der Waals surface area contributed by atoms with E-state index in [-0.39, 0.29) is 42.5 Å². The zero-order valence-electron chi connectivity index (χ0n) is 38.2. The van der Waals surface area contributed by atoms with Gasteiger partial charge in [-0.1, -0.05) is 62.2 Å². The Balaban J connectivity index is 2.22. The number of nitrogens with zero attached hydrogens (tertiary/aromatic N) is 2. The highest BCUT2D eigenvalue weighted by atomic mass is 31.1. The maximum absolute atomic E-state index is 14.8. The molecule has 0 spiro atoms. The number of esters is 2. The van der Waals surface area contributed by atoms with Crippen LogP contribution in [-0.2, 0) is 52.1 Å². The van der Waals surface area contributed by atoms with Gasteiger partial charge in [0.2, 0.25) is 0 Å². The molecule has 3 saturated heterocycles. The number of rotatable bonds is 14. The molecule has 3 aliphatic rings. The number of carbonyl (C=O) groups is 4. The van der Waals surface area contributed by atoms with Crippen molar-refractivity contribution in [3.8, 4) is 0 Å². The summed E-state index contributed by atoms with van der Waals surface area (Å²) in [7, 11) is 3.79. The smallest absolute Gasteiger partial charge is 0.317 e.